The van der Waals surface area contributed by atoms with Gasteiger partial charge in [-0.3, -0.25) is 14.4 Å². The average molecular weight is 494 g/mol. The number of carbonyl (C=O) groups excluding carboxylic acids is 3. The minimum atomic E-state index is -0.852. The Balaban J connectivity index is 1.62. The maximum absolute atomic E-state index is 13.7. The molecule has 1 aliphatic carbocycles. The highest BCUT2D eigenvalue weighted by atomic mass is 32.1. The first-order valence-electron chi connectivity index (χ1n) is 12.0. The number of hydrogen-bond acceptors (Lipinski definition) is 5. The molecular formula is C27H31N3O4S. The van der Waals surface area contributed by atoms with Crippen LogP contribution in [-0.4, -0.2) is 35.2 Å². The number of furan rings is 1. The van der Waals surface area contributed by atoms with Crippen molar-refractivity contribution in [3.63, 3.8) is 0 Å². The summed E-state index contributed by atoms with van der Waals surface area (Å²) in [6.07, 6.45) is 6.78. The molecule has 3 amide bonds. The highest BCUT2D eigenvalue weighted by molar-refractivity contribution is 7.12. The summed E-state index contributed by atoms with van der Waals surface area (Å²) in [5.74, 6) is -0.327. The van der Waals surface area contributed by atoms with Gasteiger partial charge in [0.05, 0.1) is 24.2 Å². The molecule has 7 nitrogen and oxygen atoms in total. The maximum Gasteiger partial charge on any atom is 0.261 e. The number of benzene rings is 1. The van der Waals surface area contributed by atoms with Gasteiger partial charge < -0.3 is 20.0 Å². The number of thiophene rings is 1. The Morgan fingerprint density at radius 1 is 1.06 bits per heavy atom. The second-order valence-electron chi connectivity index (χ2n) is 8.86. The molecule has 1 unspecified atom stereocenters. The van der Waals surface area contributed by atoms with Gasteiger partial charge in [-0.15, -0.1) is 11.3 Å². The van der Waals surface area contributed by atoms with E-state index in [2.05, 4.69) is 10.6 Å². The largest absolute Gasteiger partial charge is 0.467 e. The van der Waals surface area contributed by atoms with Crippen molar-refractivity contribution < 1.29 is 18.8 Å². The number of nitrogens with zero attached hydrogens (tertiary/aromatic N) is 1. The molecule has 4 rings (SSSR count). The van der Waals surface area contributed by atoms with Crippen LogP contribution >= 0.6 is 11.3 Å². The lowest BCUT2D eigenvalue weighted by Crippen LogP contribution is -2.49. The molecule has 2 N–H and O–H groups in total. The van der Waals surface area contributed by atoms with Gasteiger partial charge in [-0.25, -0.2) is 0 Å². The normalized spacial score (nSPS) is 14.8. The van der Waals surface area contributed by atoms with Gasteiger partial charge in [0.2, 0.25) is 11.8 Å². The van der Waals surface area contributed by atoms with Crippen LogP contribution in [0.3, 0.4) is 0 Å². The highest BCUT2D eigenvalue weighted by Crippen LogP contribution is 2.28. The van der Waals surface area contributed by atoms with Crippen molar-refractivity contribution in [1.82, 2.24) is 15.5 Å². The number of carbonyl (C=O) groups is 3. The molecule has 0 aliphatic heterocycles. The maximum atomic E-state index is 13.7. The quantitative estimate of drug-likeness (QED) is 0.456. The molecule has 2 aromatic heterocycles. The van der Waals surface area contributed by atoms with Crippen molar-refractivity contribution in [2.75, 3.05) is 6.54 Å². The van der Waals surface area contributed by atoms with E-state index in [1.165, 1.54) is 22.7 Å². The van der Waals surface area contributed by atoms with Crippen LogP contribution in [0.15, 0.2) is 64.6 Å². The van der Waals surface area contributed by atoms with E-state index >= 15 is 0 Å². The summed E-state index contributed by atoms with van der Waals surface area (Å²) in [7, 11) is 0. The fraction of sp³-hybridized carbons (Fsp3) is 0.370. The minimum absolute atomic E-state index is 0.0989. The van der Waals surface area contributed by atoms with E-state index in [0.717, 1.165) is 36.8 Å². The summed E-state index contributed by atoms with van der Waals surface area (Å²) in [4.78, 5) is 41.8. The van der Waals surface area contributed by atoms with Gasteiger partial charge in [0.15, 0.2) is 0 Å². The zero-order valence-corrected chi connectivity index (χ0v) is 20.7. The monoisotopic (exact) mass is 493 g/mol. The van der Waals surface area contributed by atoms with Crippen LogP contribution in [-0.2, 0) is 16.1 Å². The summed E-state index contributed by atoms with van der Waals surface area (Å²) in [5.41, 5.74) is 1.67. The molecule has 1 aliphatic rings. The molecule has 2 heterocycles. The SMILES string of the molecule is Cc1ccccc1C(C(=O)NC1CCCCC1)N(Cc1ccco1)C(=O)CNC(=O)c1cccs1. The third-order valence-corrected chi connectivity index (χ3v) is 7.24. The van der Waals surface area contributed by atoms with E-state index in [9.17, 15) is 14.4 Å². The average Bonchev–Trinajstić information content (AvgIpc) is 3.58. The van der Waals surface area contributed by atoms with Crippen LogP contribution in [0, 0.1) is 6.92 Å². The van der Waals surface area contributed by atoms with Crippen LogP contribution in [0.4, 0.5) is 0 Å². The topological polar surface area (TPSA) is 91.7 Å². The first kappa shape index (κ1) is 24.7. The third-order valence-electron chi connectivity index (χ3n) is 6.37. The summed E-state index contributed by atoms with van der Waals surface area (Å²) in [6, 6.07) is 13.9. The lowest BCUT2D eigenvalue weighted by atomic mass is 9.94. The van der Waals surface area contributed by atoms with E-state index in [1.54, 1.807) is 30.5 Å². The lowest BCUT2D eigenvalue weighted by molar-refractivity contribution is -0.141. The Labute approximate surface area is 209 Å². The molecule has 3 aromatic rings. The molecule has 0 radical (unpaired) electrons. The molecule has 1 fully saturated rings. The Hall–Kier alpha value is -3.39. The Morgan fingerprint density at radius 3 is 2.54 bits per heavy atom. The number of hydrogen-bond donors (Lipinski definition) is 2. The summed E-state index contributed by atoms with van der Waals surface area (Å²) >= 11 is 1.31. The molecule has 184 valence electrons. The predicted octanol–water partition coefficient (Wildman–Crippen LogP) is 4.60. The fourth-order valence-corrected chi connectivity index (χ4v) is 5.16. The second-order valence-corrected chi connectivity index (χ2v) is 9.81. The van der Waals surface area contributed by atoms with Crippen molar-refractivity contribution in [2.45, 2.75) is 57.7 Å². The zero-order valence-electron chi connectivity index (χ0n) is 19.9. The van der Waals surface area contributed by atoms with Crippen LogP contribution in [0.1, 0.15) is 64.7 Å². The van der Waals surface area contributed by atoms with Gasteiger partial charge in [-0.2, -0.15) is 0 Å². The van der Waals surface area contributed by atoms with Gasteiger partial charge in [-0.1, -0.05) is 49.6 Å². The Bertz CT molecular complexity index is 1120. The van der Waals surface area contributed by atoms with Crippen LogP contribution in [0.25, 0.3) is 0 Å². The van der Waals surface area contributed by atoms with Crippen LogP contribution in [0.5, 0.6) is 0 Å². The smallest absolute Gasteiger partial charge is 0.261 e. The Kier molecular flexibility index (Phi) is 8.36. The molecule has 1 atom stereocenters. The second kappa shape index (κ2) is 11.8. The van der Waals surface area contributed by atoms with E-state index in [-0.39, 0.29) is 36.9 Å². The van der Waals surface area contributed by atoms with E-state index in [4.69, 9.17) is 4.42 Å². The molecule has 0 saturated heterocycles. The van der Waals surface area contributed by atoms with Gasteiger partial charge in [0.25, 0.3) is 5.91 Å². The minimum Gasteiger partial charge on any atom is -0.467 e. The van der Waals surface area contributed by atoms with Gasteiger partial charge in [-0.05, 0) is 54.5 Å². The van der Waals surface area contributed by atoms with Crippen molar-refractivity contribution in [2.24, 2.45) is 0 Å². The zero-order chi connectivity index (χ0) is 24.6. The molecule has 8 heteroatoms. The fourth-order valence-electron chi connectivity index (χ4n) is 4.52. The van der Waals surface area contributed by atoms with E-state index < -0.39 is 6.04 Å². The van der Waals surface area contributed by atoms with Crippen LogP contribution < -0.4 is 10.6 Å². The first-order chi connectivity index (χ1) is 17.0. The first-order valence-corrected chi connectivity index (χ1v) is 12.9. The predicted molar refractivity (Wildman–Crippen MR) is 135 cm³/mol. The molecular weight excluding hydrogens is 462 g/mol. The van der Waals surface area contributed by atoms with Gasteiger partial charge in [0, 0.05) is 6.04 Å². The van der Waals surface area contributed by atoms with Crippen molar-refractivity contribution in [3.05, 3.63) is 81.9 Å². The molecule has 0 spiro atoms. The van der Waals surface area contributed by atoms with Crippen molar-refractivity contribution >= 4 is 29.1 Å². The van der Waals surface area contributed by atoms with Crippen molar-refractivity contribution in [3.8, 4) is 0 Å². The number of amides is 3. The van der Waals surface area contributed by atoms with E-state index in [1.807, 2.05) is 36.6 Å². The number of nitrogens with one attached hydrogen (secondary N) is 2. The standard InChI is InChI=1S/C27H31N3O4S/c1-19-9-5-6-13-22(19)25(27(33)29-20-10-3-2-4-11-20)30(18-21-12-7-15-34-21)24(31)17-28-26(32)23-14-8-16-35-23/h5-9,12-16,20,25H,2-4,10-11,17-18H2,1H3,(H,28,32)(H,29,33). The van der Waals surface area contributed by atoms with Gasteiger partial charge >= 0.3 is 0 Å². The highest BCUT2D eigenvalue weighted by Gasteiger charge is 2.34. The van der Waals surface area contributed by atoms with E-state index in [0.29, 0.717) is 10.6 Å². The Morgan fingerprint density at radius 2 is 1.86 bits per heavy atom. The van der Waals surface area contributed by atoms with Crippen LogP contribution in [0.2, 0.25) is 0 Å². The van der Waals surface area contributed by atoms with Gasteiger partial charge in [0.1, 0.15) is 11.8 Å². The molecule has 1 aromatic carbocycles. The summed E-state index contributed by atoms with van der Waals surface area (Å²) in [6.45, 7) is 1.82. The third kappa shape index (κ3) is 6.39. The molecule has 35 heavy (non-hydrogen) atoms. The molecule has 0 bridgehead atoms. The van der Waals surface area contributed by atoms with Crippen molar-refractivity contribution in [1.29, 1.82) is 0 Å². The number of aryl methyl sites for hydroxylation is 1. The summed E-state index contributed by atoms with van der Waals surface area (Å²) in [5, 5.41) is 7.71. The number of rotatable bonds is 9. The molecule has 1 saturated carbocycles. The summed E-state index contributed by atoms with van der Waals surface area (Å²) < 4.78 is 5.53. The lowest BCUT2D eigenvalue weighted by Gasteiger charge is -2.33.